The zero-order valence-electron chi connectivity index (χ0n) is 9.16. The van der Waals surface area contributed by atoms with Crippen LogP contribution < -0.4 is 4.72 Å². The minimum absolute atomic E-state index is 0.00906. The van der Waals surface area contributed by atoms with Crippen molar-refractivity contribution in [2.24, 2.45) is 0 Å². The monoisotopic (exact) mass is 260 g/mol. The molecule has 0 saturated carbocycles. The van der Waals surface area contributed by atoms with E-state index < -0.39 is 32.6 Å². The maximum Gasteiger partial charge on any atom is 0.244 e. The van der Waals surface area contributed by atoms with E-state index in [9.17, 15) is 17.2 Å². The number of sulfonamides is 1. The molecule has 0 aromatic heterocycles. The van der Waals surface area contributed by atoms with Crippen LogP contribution in [0.3, 0.4) is 0 Å². The fourth-order valence-electron chi connectivity index (χ4n) is 1.16. The van der Waals surface area contributed by atoms with Crippen molar-refractivity contribution in [3.05, 3.63) is 29.3 Å². The highest BCUT2D eigenvalue weighted by atomic mass is 32.2. The van der Waals surface area contributed by atoms with Crippen molar-refractivity contribution in [1.29, 1.82) is 5.26 Å². The normalized spacial score (nSPS) is 13.1. The Labute approximate surface area is 97.9 Å². The molecule has 0 aliphatic rings. The van der Waals surface area contributed by atoms with Gasteiger partial charge in [-0.1, -0.05) is 0 Å². The van der Waals surface area contributed by atoms with Crippen molar-refractivity contribution >= 4 is 10.0 Å². The molecule has 0 unspecified atom stereocenters. The molecule has 4 nitrogen and oxygen atoms in total. The van der Waals surface area contributed by atoms with Crippen molar-refractivity contribution < 1.29 is 17.2 Å². The molecule has 1 atom stereocenters. The van der Waals surface area contributed by atoms with Crippen LogP contribution in [0.5, 0.6) is 0 Å². The van der Waals surface area contributed by atoms with Crippen LogP contribution in [0.25, 0.3) is 0 Å². The minimum Gasteiger partial charge on any atom is -0.207 e. The molecule has 0 heterocycles. The van der Waals surface area contributed by atoms with Crippen LogP contribution in [0, 0.1) is 29.9 Å². The van der Waals surface area contributed by atoms with E-state index in [4.69, 9.17) is 5.26 Å². The highest BCUT2D eigenvalue weighted by Gasteiger charge is 2.22. The number of nitrogens with zero attached hydrogens (tertiary/aromatic N) is 1. The van der Waals surface area contributed by atoms with Gasteiger partial charge in [0, 0.05) is 0 Å². The Morgan fingerprint density at radius 3 is 2.47 bits per heavy atom. The number of nitrogens with one attached hydrogen (secondary N) is 1. The maximum absolute atomic E-state index is 13.4. The summed E-state index contributed by atoms with van der Waals surface area (Å²) in [7, 11) is -4.23. The summed E-state index contributed by atoms with van der Waals surface area (Å²) in [5.41, 5.74) is 0.00906. The fraction of sp³-hybridized carbons (Fsp3) is 0.300. The summed E-state index contributed by atoms with van der Waals surface area (Å²) >= 11 is 0. The van der Waals surface area contributed by atoms with Gasteiger partial charge in [0.25, 0.3) is 0 Å². The number of halogens is 2. The second-order valence-electron chi connectivity index (χ2n) is 3.50. The van der Waals surface area contributed by atoms with Crippen LogP contribution in [0.1, 0.15) is 12.5 Å². The zero-order valence-corrected chi connectivity index (χ0v) is 9.98. The molecule has 92 valence electrons. The Kier molecular flexibility index (Phi) is 3.80. The molecule has 17 heavy (non-hydrogen) atoms. The van der Waals surface area contributed by atoms with Gasteiger partial charge in [0.05, 0.1) is 6.07 Å². The van der Waals surface area contributed by atoms with Crippen molar-refractivity contribution in [3.63, 3.8) is 0 Å². The molecule has 0 amide bonds. The average molecular weight is 260 g/mol. The van der Waals surface area contributed by atoms with Gasteiger partial charge < -0.3 is 0 Å². The summed E-state index contributed by atoms with van der Waals surface area (Å²) in [5.74, 6) is -1.88. The van der Waals surface area contributed by atoms with Gasteiger partial charge in [-0.3, -0.25) is 0 Å². The molecular weight excluding hydrogens is 250 g/mol. The summed E-state index contributed by atoms with van der Waals surface area (Å²) in [6.45, 7) is 2.61. The summed E-state index contributed by atoms with van der Waals surface area (Å²) < 4.78 is 51.7. The van der Waals surface area contributed by atoms with Crippen LogP contribution in [0.15, 0.2) is 17.0 Å². The lowest BCUT2D eigenvalue weighted by Crippen LogP contribution is -2.32. The summed E-state index contributed by atoms with van der Waals surface area (Å²) in [6, 6.07) is 1.99. The van der Waals surface area contributed by atoms with Crippen molar-refractivity contribution in [1.82, 2.24) is 4.72 Å². The van der Waals surface area contributed by atoms with Gasteiger partial charge in [0.2, 0.25) is 10.0 Å². The van der Waals surface area contributed by atoms with E-state index in [0.29, 0.717) is 6.07 Å². The van der Waals surface area contributed by atoms with Crippen LogP contribution in [0.2, 0.25) is 0 Å². The Morgan fingerprint density at radius 1 is 1.35 bits per heavy atom. The number of rotatable bonds is 3. The summed E-state index contributed by atoms with van der Waals surface area (Å²) in [6.07, 6.45) is 0. The molecule has 1 aromatic rings. The molecule has 0 bridgehead atoms. The van der Waals surface area contributed by atoms with Gasteiger partial charge in [0.1, 0.15) is 22.6 Å². The largest absolute Gasteiger partial charge is 0.244 e. The Morgan fingerprint density at radius 2 is 1.94 bits per heavy atom. The molecule has 7 heteroatoms. The van der Waals surface area contributed by atoms with Gasteiger partial charge in [-0.05, 0) is 31.5 Å². The van der Waals surface area contributed by atoms with Crippen LogP contribution >= 0.6 is 0 Å². The maximum atomic E-state index is 13.4. The molecule has 0 aliphatic carbocycles. The van der Waals surface area contributed by atoms with Crippen molar-refractivity contribution in [3.8, 4) is 6.07 Å². The number of hydrogen-bond acceptors (Lipinski definition) is 3. The van der Waals surface area contributed by atoms with Crippen LogP contribution in [-0.4, -0.2) is 14.5 Å². The molecule has 1 aromatic carbocycles. The van der Waals surface area contributed by atoms with Gasteiger partial charge in [0.15, 0.2) is 0 Å². The lowest BCUT2D eigenvalue weighted by molar-refractivity contribution is 0.540. The van der Waals surface area contributed by atoms with E-state index >= 15 is 0 Å². The second-order valence-corrected chi connectivity index (χ2v) is 5.19. The smallest absolute Gasteiger partial charge is 0.207 e. The average Bonchev–Trinajstić information content (AvgIpc) is 2.22. The van der Waals surface area contributed by atoms with E-state index in [0.717, 1.165) is 6.07 Å². The van der Waals surface area contributed by atoms with Gasteiger partial charge in [-0.25, -0.2) is 17.2 Å². The number of hydrogen-bond donors (Lipinski definition) is 1. The Hall–Kier alpha value is -1.52. The summed E-state index contributed by atoms with van der Waals surface area (Å²) in [4.78, 5) is -0.803. The van der Waals surface area contributed by atoms with Crippen LogP contribution in [0.4, 0.5) is 8.78 Å². The van der Waals surface area contributed by atoms with E-state index in [1.807, 2.05) is 4.72 Å². The highest BCUT2D eigenvalue weighted by Crippen LogP contribution is 2.18. The quantitative estimate of drug-likeness (QED) is 0.894. The molecule has 0 fully saturated rings. The summed E-state index contributed by atoms with van der Waals surface area (Å²) in [5, 5.41) is 8.47. The van der Waals surface area contributed by atoms with Gasteiger partial charge >= 0.3 is 0 Å². The van der Waals surface area contributed by atoms with Gasteiger partial charge in [-0.15, -0.1) is 0 Å². The van der Waals surface area contributed by atoms with Crippen molar-refractivity contribution in [2.75, 3.05) is 0 Å². The SMILES string of the molecule is Cc1cc(F)c(S(=O)(=O)N[C@H](C)C#N)cc1F. The lowest BCUT2D eigenvalue weighted by atomic mass is 10.2. The standard InChI is InChI=1S/C10H10F2N2O2S/c1-6-3-9(12)10(4-8(6)11)17(15,16)14-7(2)5-13/h3-4,7,14H,1-2H3/t7-/m1/s1. The van der Waals surface area contributed by atoms with E-state index in [-0.39, 0.29) is 5.56 Å². The fourth-order valence-corrected chi connectivity index (χ4v) is 2.38. The first-order valence-corrected chi connectivity index (χ1v) is 6.14. The first kappa shape index (κ1) is 13.5. The first-order valence-electron chi connectivity index (χ1n) is 4.65. The first-order chi connectivity index (χ1) is 7.77. The third kappa shape index (κ3) is 2.99. The van der Waals surface area contributed by atoms with E-state index in [1.165, 1.54) is 13.8 Å². The zero-order chi connectivity index (χ0) is 13.2. The Bertz CT molecular complexity index is 579. The number of benzene rings is 1. The number of aryl methyl sites for hydroxylation is 1. The predicted octanol–water partition coefficient (Wildman–Crippen LogP) is 1.46. The van der Waals surface area contributed by atoms with Crippen LogP contribution in [-0.2, 0) is 10.0 Å². The van der Waals surface area contributed by atoms with Gasteiger partial charge in [-0.2, -0.15) is 9.98 Å². The third-order valence-corrected chi connectivity index (χ3v) is 3.58. The van der Waals surface area contributed by atoms with E-state index in [2.05, 4.69) is 0 Å². The molecule has 0 spiro atoms. The molecule has 1 N–H and O–H groups in total. The highest BCUT2D eigenvalue weighted by molar-refractivity contribution is 7.89. The molecule has 0 radical (unpaired) electrons. The Balaban J connectivity index is 3.26. The third-order valence-electron chi connectivity index (χ3n) is 2.03. The number of nitriles is 1. The lowest BCUT2D eigenvalue weighted by Gasteiger charge is -2.09. The van der Waals surface area contributed by atoms with Crippen molar-refractivity contribution in [2.45, 2.75) is 24.8 Å². The molecular formula is C10H10F2N2O2S. The molecule has 0 saturated heterocycles. The predicted molar refractivity (Wildman–Crippen MR) is 56.5 cm³/mol. The second kappa shape index (κ2) is 4.77. The topological polar surface area (TPSA) is 70.0 Å². The van der Waals surface area contributed by atoms with E-state index in [1.54, 1.807) is 6.07 Å². The molecule has 1 rings (SSSR count). The minimum atomic E-state index is -4.23. The molecule has 0 aliphatic heterocycles.